The summed E-state index contributed by atoms with van der Waals surface area (Å²) in [5.41, 5.74) is 6.64. The Labute approximate surface area is 255 Å². The van der Waals surface area contributed by atoms with Crippen LogP contribution in [0.5, 0.6) is 0 Å². The second-order valence-electron chi connectivity index (χ2n) is 11.4. The van der Waals surface area contributed by atoms with Gasteiger partial charge in [-0.1, -0.05) is 60.7 Å². The fourth-order valence-corrected chi connectivity index (χ4v) is 7.89. The van der Waals surface area contributed by atoms with E-state index in [-0.39, 0.29) is 0 Å². The number of anilines is 3. The standard InChI is InChI=1S/C40H23NO2S/c1-4-10-35-29(7-1)31-17-15-27(22-37(31)42-35)41(28-16-18-32-30-8-2-5-11-36(30)43-38(32)23-28)26-14-13-24-21-40-34(20-25(24)19-26)33-9-3-6-12-39(33)44-40/h1-23H. The van der Waals surface area contributed by atoms with Gasteiger partial charge in [0.1, 0.15) is 22.3 Å². The normalized spacial score (nSPS) is 12.1. The van der Waals surface area contributed by atoms with E-state index in [1.54, 1.807) is 0 Å². The number of hydrogen-bond acceptors (Lipinski definition) is 4. The number of furan rings is 2. The molecule has 0 saturated carbocycles. The highest BCUT2D eigenvalue weighted by Crippen LogP contribution is 2.43. The van der Waals surface area contributed by atoms with Crippen molar-refractivity contribution >= 4 is 103 Å². The number of hydrogen-bond donors (Lipinski definition) is 0. The largest absolute Gasteiger partial charge is 0.456 e. The van der Waals surface area contributed by atoms with E-state index in [9.17, 15) is 0 Å². The number of nitrogens with zero attached hydrogens (tertiary/aromatic N) is 1. The van der Waals surface area contributed by atoms with Gasteiger partial charge in [-0.3, -0.25) is 0 Å². The first kappa shape index (κ1) is 23.9. The number of fused-ring (bicyclic) bond motifs is 10. The predicted octanol–water partition coefficient (Wildman–Crippen LogP) is 12.5. The number of thiophene rings is 1. The first-order chi connectivity index (χ1) is 21.8. The Bertz CT molecular complexity index is 2630. The zero-order valence-electron chi connectivity index (χ0n) is 23.5. The molecule has 0 radical (unpaired) electrons. The summed E-state index contributed by atoms with van der Waals surface area (Å²) in [4.78, 5) is 2.30. The molecule has 10 rings (SSSR count). The van der Waals surface area contributed by atoms with E-state index >= 15 is 0 Å². The van der Waals surface area contributed by atoms with Gasteiger partial charge in [0, 0.05) is 70.9 Å². The monoisotopic (exact) mass is 581 g/mol. The SMILES string of the molecule is c1ccc2c(c1)oc1cc(N(c3ccc4cc5sc6ccccc6c5cc4c3)c3ccc4c(c3)oc3ccccc34)ccc12. The smallest absolute Gasteiger partial charge is 0.137 e. The summed E-state index contributed by atoms with van der Waals surface area (Å²) in [6, 6.07) is 49.6. The number of benzene rings is 7. The average molecular weight is 582 g/mol. The summed E-state index contributed by atoms with van der Waals surface area (Å²) >= 11 is 1.85. The van der Waals surface area contributed by atoms with Gasteiger partial charge in [-0.05, 0) is 77.5 Å². The third-order valence-electron chi connectivity index (χ3n) is 8.82. The van der Waals surface area contributed by atoms with Crippen molar-refractivity contribution < 1.29 is 8.83 Å². The van der Waals surface area contributed by atoms with E-state index in [4.69, 9.17) is 8.83 Å². The molecule has 44 heavy (non-hydrogen) atoms. The van der Waals surface area contributed by atoms with Crippen LogP contribution >= 0.6 is 11.3 Å². The van der Waals surface area contributed by atoms with Gasteiger partial charge in [0.25, 0.3) is 0 Å². The van der Waals surface area contributed by atoms with Crippen molar-refractivity contribution in [3.8, 4) is 0 Å². The van der Waals surface area contributed by atoms with Gasteiger partial charge >= 0.3 is 0 Å². The molecule has 4 heteroatoms. The summed E-state index contributed by atoms with van der Waals surface area (Å²) in [6.45, 7) is 0. The predicted molar refractivity (Wildman–Crippen MR) is 186 cm³/mol. The lowest BCUT2D eigenvalue weighted by atomic mass is 10.0. The Morgan fingerprint density at radius 2 is 0.909 bits per heavy atom. The molecule has 206 valence electrons. The number of rotatable bonds is 3. The van der Waals surface area contributed by atoms with Crippen LogP contribution in [-0.4, -0.2) is 0 Å². The molecule has 3 nitrogen and oxygen atoms in total. The van der Waals surface area contributed by atoms with Crippen LogP contribution in [0.1, 0.15) is 0 Å². The molecule has 0 fully saturated rings. The molecular formula is C40H23NO2S. The topological polar surface area (TPSA) is 29.5 Å². The summed E-state index contributed by atoms with van der Waals surface area (Å²) in [6.07, 6.45) is 0. The first-order valence-corrected chi connectivity index (χ1v) is 15.6. The van der Waals surface area contributed by atoms with Crippen molar-refractivity contribution in [1.82, 2.24) is 0 Å². The van der Waals surface area contributed by atoms with E-state index < -0.39 is 0 Å². The van der Waals surface area contributed by atoms with Crippen molar-refractivity contribution in [3.63, 3.8) is 0 Å². The van der Waals surface area contributed by atoms with Crippen LogP contribution in [0.25, 0.3) is 74.8 Å². The first-order valence-electron chi connectivity index (χ1n) is 14.7. The van der Waals surface area contributed by atoms with Gasteiger partial charge in [0.2, 0.25) is 0 Å². The zero-order chi connectivity index (χ0) is 28.8. The van der Waals surface area contributed by atoms with Crippen molar-refractivity contribution in [1.29, 1.82) is 0 Å². The minimum Gasteiger partial charge on any atom is -0.456 e. The van der Waals surface area contributed by atoms with Crippen LogP contribution in [0.15, 0.2) is 148 Å². The molecule has 0 spiro atoms. The van der Waals surface area contributed by atoms with Crippen LogP contribution in [0.3, 0.4) is 0 Å². The second-order valence-corrected chi connectivity index (χ2v) is 12.5. The molecule has 3 heterocycles. The Morgan fingerprint density at radius 3 is 1.59 bits per heavy atom. The molecule has 0 aliphatic heterocycles. The van der Waals surface area contributed by atoms with Crippen LogP contribution in [-0.2, 0) is 0 Å². The quantitative estimate of drug-likeness (QED) is 0.208. The van der Waals surface area contributed by atoms with E-state index in [1.807, 2.05) is 35.6 Å². The lowest BCUT2D eigenvalue weighted by Gasteiger charge is -2.26. The fourth-order valence-electron chi connectivity index (χ4n) is 6.75. The Kier molecular flexibility index (Phi) is 4.87. The maximum Gasteiger partial charge on any atom is 0.137 e. The van der Waals surface area contributed by atoms with Gasteiger partial charge in [-0.15, -0.1) is 11.3 Å². The van der Waals surface area contributed by atoms with Crippen LogP contribution in [0.2, 0.25) is 0 Å². The van der Waals surface area contributed by atoms with Crippen LogP contribution in [0, 0.1) is 0 Å². The lowest BCUT2D eigenvalue weighted by molar-refractivity contribution is 0.669. The van der Waals surface area contributed by atoms with Gasteiger partial charge < -0.3 is 13.7 Å². The molecule has 0 bridgehead atoms. The highest BCUT2D eigenvalue weighted by atomic mass is 32.1. The van der Waals surface area contributed by atoms with E-state index in [2.05, 4.69) is 120 Å². The average Bonchev–Trinajstić information content (AvgIpc) is 3.74. The molecule has 0 amide bonds. The Morgan fingerprint density at radius 1 is 0.364 bits per heavy atom. The second kappa shape index (κ2) is 8.96. The van der Waals surface area contributed by atoms with Gasteiger partial charge in [-0.2, -0.15) is 0 Å². The van der Waals surface area contributed by atoms with Gasteiger partial charge in [0.15, 0.2) is 0 Å². The van der Waals surface area contributed by atoms with Crippen molar-refractivity contribution in [3.05, 3.63) is 140 Å². The molecule has 0 saturated heterocycles. The summed E-state index contributed by atoms with van der Waals surface area (Å²) < 4.78 is 15.3. The molecular weight excluding hydrogens is 559 g/mol. The molecule has 0 aliphatic rings. The third-order valence-corrected chi connectivity index (χ3v) is 9.95. The van der Waals surface area contributed by atoms with Gasteiger partial charge in [-0.25, -0.2) is 0 Å². The van der Waals surface area contributed by atoms with Crippen molar-refractivity contribution in [2.45, 2.75) is 0 Å². The summed E-state index contributed by atoms with van der Waals surface area (Å²) in [5.74, 6) is 0. The van der Waals surface area contributed by atoms with Crippen molar-refractivity contribution in [2.24, 2.45) is 0 Å². The van der Waals surface area contributed by atoms with Gasteiger partial charge in [0.05, 0.1) is 0 Å². The van der Waals surface area contributed by atoms with Crippen molar-refractivity contribution in [2.75, 3.05) is 4.90 Å². The third kappa shape index (κ3) is 3.49. The molecule has 3 aromatic heterocycles. The molecule has 10 aromatic rings. The number of para-hydroxylation sites is 2. The molecule has 0 atom stereocenters. The molecule has 0 aliphatic carbocycles. The Hall–Kier alpha value is -5.58. The van der Waals surface area contributed by atoms with Crippen LogP contribution in [0.4, 0.5) is 17.1 Å². The zero-order valence-corrected chi connectivity index (χ0v) is 24.3. The summed E-state index contributed by atoms with van der Waals surface area (Å²) in [5, 5.41) is 9.52. The molecule has 7 aromatic carbocycles. The maximum absolute atomic E-state index is 6.33. The molecule has 0 N–H and O–H groups in total. The van der Waals surface area contributed by atoms with Crippen LogP contribution < -0.4 is 4.90 Å². The van der Waals surface area contributed by atoms with E-state index in [0.717, 1.165) is 60.9 Å². The highest BCUT2D eigenvalue weighted by Gasteiger charge is 2.18. The summed E-state index contributed by atoms with van der Waals surface area (Å²) in [7, 11) is 0. The van der Waals surface area contributed by atoms with E-state index in [0.29, 0.717) is 0 Å². The Balaban J connectivity index is 1.21. The fraction of sp³-hybridized carbons (Fsp3) is 0. The lowest BCUT2D eigenvalue weighted by Crippen LogP contribution is -2.09. The highest BCUT2D eigenvalue weighted by molar-refractivity contribution is 7.25. The molecule has 0 unspecified atom stereocenters. The minimum absolute atomic E-state index is 0.866. The minimum atomic E-state index is 0.866. The maximum atomic E-state index is 6.33. The van der Waals surface area contributed by atoms with E-state index in [1.165, 1.54) is 30.9 Å².